The standard InChI is InChI=1S/C21H20F3N3O5/c1-10(12-3-2-4-13(9-12)32-21(22,23)24)27-19(29)17-16(20(30)31)14(18(17)28)7-11-5-6-26-15(25)8-11/h2-6,8-10,14,16-17H,7H2,1H3,(H2,25,26)(H,27,29)(H,30,31)/t10-,14-,16-,17?/m1/s1. The number of halogens is 3. The molecule has 0 aliphatic heterocycles. The number of ether oxygens (including phenoxy) is 1. The Kier molecular flexibility index (Phi) is 6.37. The molecule has 0 bridgehead atoms. The fourth-order valence-corrected chi connectivity index (χ4v) is 3.78. The average molecular weight is 451 g/mol. The third-order valence-corrected chi connectivity index (χ3v) is 5.28. The molecule has 3 rings (SSSR count). The SMILES string of the molecule is C[C@@H](NC(=O)C1C(=O)[C@H](Cc2ccnc(N)c2)[C@H]1C(=O)O)c1cccc(OC(F)(F)F)c1. The van der Waals surface area contributed by atoms with Crippen molar-refractivity contribution in [1.29, 1.82) is 0 Å². The van der Waals surface area contributed by atoms with Gasteiger partial charge < -0.3 is 20.9 Å². The summed E-state index contributed by atoms with van der Waals surface area (Å²) in [6, 6.07) is 7.35. The van der Waals surface area contributed by atoms with Crippen molar-refractivity contribution in [2.75, 3.05) is 5.73 Å². The number of nitrogens with zero attached hydrogens (tertiary/aromatic N) is 1. The zero-order valence-electron chi connectivity index (χ0n) is 16.8. The summed E-state index contributed by atoms with van der Waals surface area (Å²) in [6.07, 6.45) is -3.34. The number of benzene rings is 1. The number of nitrogens with one attached hydrogen (secondary N) is 1. The van der Waals surface area contributed by atoms with Crippen LogP contribution in [0, 0.1) is 17.8 Å². The van der Waals surface area contributed by atoms with Crippen molar-refractivity contribution < 1.29 is 37.4 Å². The van der Waals surface area contributed by atoms with E-state index in [2.05, 4.69) is 15.0 Å². The molecule has 1 aliphatic carbocycles. The van der Waals surface area contributed by atoms with E-state index in [4.69, 9.17) is 5.73 Å². The van der Waals surface area contributed by atoms with E-state index in [0.717, 1.165) is 12.1 Å². The van der Waals surface area contributed by atoms with Gasteiger partial charge >= 0.3 is 12.3 Å². The molecule has 1 aromatic heterocycles. The first kappa shape index (κ1) is 23.0. The van der Waals surface area contributed by atoms with Gasteiger partial charge in [-0.15, -0.1) is 13.2 Å². The van der Waals surface area contributed by atoms with E-state index in [-0.39, 0.29) is 12.2 Å². The number of hydrogen-bond donors (Lipinski definition) is 3. The Morgan fingerprint density at radius 3 is 2.62 bits per heavy atom. The topological polar surface area (TPSA) is 132 Å². The van der Waals surface area contributed by atoms with Crippen molar-refractivity contribution >= 4 is 23.5 Å². The molecule has 8 nitrogen and oxygen atoms in total. The first-order valence-corrected chi connectivity index (χ1v) is 9.59. The normalized spacial score (nSPS) is 21.4. The van der Waals surface area contributed by atoms with Crippen LogP contribution >= 0.6 is 0 Å². The molecule has 1 saturated carbocycles. The molecule has 2 aromatic rings. The second-order valence-corrected chi connectivity index (χ2v) is 7.49. The highest BCUT2D eigenvalue weighted by molar-refractivity contribution is 6.12. The van der Waals surface area contributed by atoms with E-state index < -0.39 is 53.6 Å². The minimum absolute atomic E-state index is 0.0959. The summed E-state index contributed by atoms with van der Waals surface area (Å²) in [5, 5.41) is 12.1. The van der Waals surface area contributed by atoms with Gasteiger partial charge in [0.1, 0.15) is 17.5 Å². The molecule has 1 amide bonds. The summed E-state index contributed by atoms with van der Waals surface area (Å²) in [4.78, 5) is 40.9. The first-order valence-electron chi connectivity index (χ1n) is 9.59. The number of anilines is 1. The van der Waals surface area contributed by atoms with Gasteiger partial charge in [-0.25, -0.2) is 4.98 Å². The quantitative estimate of drug-likeness (QED) is 0.551. The largest absolute Gasteiger partial charge is 0.573 e. The maximum absolute atomic E-state index is 12.7. The minimum Gasteiger partial charge on any atom is -0.481 e. The number of nitrogen functional groups attached to an aromatic ring is 1. The number of ketones is 1. The van der Waals surface area contributed by atoms with Crippen LogP contribution in [0.1, 0.15) is 24.1 Å². The number of aliphatic carboxylic acids is 1. The Morgan fingerprint density at radius 2 is 2.00 bits per heavy atom. The zero-order chi connectivity index (χ0) is 23.6. The minimum atomic E-state index is -4.87. The van der Waals surface area contributed by atoms with Crippen LogP contribution in [-0.2, 0) is 20.8 Å². The van der Waals surface area contributed by atoms with Crippen molar-refractivity contribution in [1.82, 2.24) is 10.3 Å². The van der Waals surface area contributed by atoms with Crippen LogP contribution in [0.4, 0.5) is 19.0 Å². The predicted molar refractivity (Wildman–Crippen MR) is 105 cm³/mol. The average Bonchev–Trinajstić information content (AvgIpc) is 2.68. The van der Waals surface area contributed by atoms with Crippen LogP contribution < -0.4 is 15.8 Å². The molecule has 1 unspecified atom stereocenters. The zero-order valence-corrected chi connectivity index (χ0v) is 16.8. The summed E-state index contributed by atoms with van der Waals surface area (Å²) in [6.45, 7) is 1.50. The number of carbonyl (C=O) groups is 3. The molecule has 1 aromatic carbocycles. The number of carboxylic acid groups (broad SMARTS) is 1. The van der Waals surface area contributed by atoms with Crippen LogP contribution in [0.25, 0.3) is 0 Å². The van der Waals surface area contributed by atoms with Crippen LogP contribution in [0.5, 0.6) is 5.75 Å². The van der Waals surface area contributed by atoms with Gasteiger partial charge in [0.15, 0.2) is 5.78 Å². The van der Waals surface area contributed by atoms with Crippen molar-refractivity contribution in [3.63, 3.8) is 0 Å². The third-order valence-electron chi connectivity index (χ3n) is 5.28. The Labute approximate surface area is 180 Å². The smallest absolute Gasteiger partial charge is 0.481 e. The van der Waals surface area contributed by atoms with Crippen LogP contribution in [0.15, 0.2) is 42.6 Å². The number of amides is 1. The Bertz CT molecular complexity index is 1040. The maximum Gasteiger partial charge on any atom is 0.573 e. The van der Waals surface area contributed by atoms with Gasteiger partial charge in [-0.05, 0) is 48.7 Å². The molecule has 170 valence electrons. The number of Topliss-reactive ketones (excluding diaryl/α,β-unsaturated/α-hetero) is 1. The monoisotopic (exact) mass is 451 g/mol. The highest BCUT2D eigenvalue weighted by atomic mass is 19.4. The number of nitrogens with two attached hydrogens (primary N) is 1. The van der Waals surface area contributed by atoms with Gasteiger partial charge in [-0.3, -0.25) is 14.4 Å². The second kappa shape index (κ2) is 8.85. The molecule has 1 fully saturated rings. The van der Waals surface area contributed by atoms with Crippen molar-refractivity contribution in [2.24, 2.45) is 17.8 Å². The van der Waals surface area contributed by atoms with Gasteiger partial charge in [0.2, 0.25) is 5.91 Å². The second-order valence-electron chi connectivity index (χ2n) is 7.49. The van der Waals surface area contributed by atoms with Crippen LogP contribution in [-0.4, -0.2) is 34.1 Å². The van der Waals surface area contributed by atoms with E-state index in [0.29, 0.717) is 11.1 Å². The van der Waals surface area contributed by atoms with E-state index in [9.17, 15) is 32.7 Å². The lowest BCUT2D eigenvalue weighted by molar-refractivity contribution is -0.274. The first-order chi connectivity index (χ1) is 15.0. The number of aromatic nitrogens is 1. The summed E-state index contributed by atoms with van der Waals surface area (Å²) >= 11 is 0. The maximum atomic E-state index is 12.7. The molecular formula is C21H20F3N3O5. The lowest BCUT2D eigenvalue weighted by Gasteiger charge is -2.39. The van der Waals surface area contributed by atoms with Gasteiger partial charge in [0.05, 0.1) is 12.0 Å². The van der Waals surface area contributed by atoms with Crippen molar-refractivity contribution in [3.05, 3.63) is 53.7 Å². The van der Waals surface area contributed by atoms with E-state index in [1.54, 1.807) is 6.07 Å². The lowest BCUT2D eigenvalue weighted by atomic mass is 9.61. The Balaban J connectivity index is 1.70. The number of rotatable bonds is 7. The summed E-state index contributed by atoms with van der Waals surface area (Å²) in [5.41, 5.74) is 6.52. The number of hydrogen-bond acceptors (Lipinski definition) is 6. The summed E-state index contributed by atoms with van der Waals surface area (Å²) < 4.78 is 41.1. The van der Waals surface area contributed by atoms with Crippen molar-refractivity contribution in [2.45, 2.75) is 25.7 Å². The van der Waals surface area contributed by atoms with Crippen LogP contribution in [0.3, 0.4) is 0 Å². The highest BCUT2D eigenvalue weighted by Crippen LogP contribution is 2.40. The predicted octanol–water partition coefficient (Wildman–Crippen LogP) is 2.50. The molecule has 0 radical (unpaired) electrons. The molecular weight excluding hydrogens is 431 g/mol. The number of alkyl halides is 3. The van der Waals surface area contributed by atoms with E-state index in [1.807, 2.05) is 0 Å². The molecule has 1 aliphatic rings. The Hall–Kier alpha value is -3.63. The highest BCUT2D eigenvalue weighted by Gasteiger charge is 2.57. The lowest BCUT2D eigenvalue weighted by Crippen LogP contribution is -2.58. The van der Waals surface area contributed by atoms with Crippen molar-refractivity contribution in [3.8, 4) is 5.75 Å². The van der Waals surface area contributed by atoms with Crippen LogP contribution in [0.2, 0.25) is 0 Å². The molecule has 11 heteroatoms. The molecule has 32 heavy (non-hydrogen) atoms. The molecule has 4 N–H and O–H groups in total. The van der Waals surface area contributed by atoms with E-state index in [1.165, 1.54) is 31.3 Å². The summed E-state index contributed by atoms with van der Waals surface area (Å²) in [5.74, 6) is -6.38. The molecule has 1 heterocycles. The summed E-state index contributed by atoms with van der Waals surface area (Å²) in [7, 11) is 0. The molecule has 0 spiro atoms. The van der Waals surface area contributed by atoms with Gasteiger partial charge in [0.25, 0.3) is 0 Å². The molecule has 4 atom stereocenters. The fourth-order valence-electron chi connectivity index (χ4n) is 3.78. The number of carbonyl (C=O) groups excluding carboxylic acids is 2. The third kappa shape index (κ3) is 5.16. The fraction of sp³-hybridized carbons (Fsp3) is 0.333. The van der Waals surface area contributed by atoms with E-state index >= 15 is 0 Å². The van der Waals surface area contributed by atoms with Gasteiger partial charge in [-0.1, -0.05) is 12.1 Å². The number of pyridine rings is 1. The molecule has 0 saturated heterocycles. The van der Waals surface area contributed by atoms with Gasteiger partial charge in [-0.2, -0.15) is 0 Å². The van der Waals surface area contributed by atoms with Gasteiger partial charge in [0, 0.05) is 12.1 Å². The number of carboxylic acids is 1. The Morgan fingerprint density at radius 1 is 1.28 bits per heavy atom.